The topological polar surface area (TPSA) is 29.5 Å². The van der Waals surface area contributed by atoms with Crippen LogP contribution in [0.5, 0.6) is 5.75 Å². The lowest BCUT2D eigenvalue weighted by atomic mass is 9.88. The normalized spacial score (nSPS) is 11.8. The van der Waals surface area contributed by atoms with Gasteiger partial charge in [-0.05, 0) is 58.5 Å². The number of benzene rings is 3. The molecule has 0 spiro atoms. The van der Waals surface area contributed by atoms with Gasteiger partial charge in [0.1, 0.15) is 12.4 Å². The minimum atomic E-state index is -0.00838. The number of aliphatic hydroxyl groups excluding tert-OH is 1. The van der Waals surface area contributed by atoms with Gasteiger partial charge in [-0.2, -0.15) is 0 Å². The highest BCUT2D eigenvalue weighted by Crippen LogP contribution is 2.35. The third-order valence-electron chi connectivity index (χ3n) is 4.40. The third-order valence-corrected chi connectivity index (χ3v) is 4.85. The van der Waals surface area contributed by atoms with E-state index in [1.54, 1.807) is 0 Å². The Morgan fingerprint density at radius 3 is 1.96 bits per heavy atom. The molecule has 4 heteroatoms. The predicted molar refractivity (Wildman–Crippen MR) is 118 cm³/mol. The smallest absolute Gasteiger partial charge is 0.119 e. The van der Waals surface area contributed by atoms with Crippen LogP contribution in [0.4, 0.5) is 0 Å². The van der Waals surface area contributed by atoms with Gasteiger partial charge in [-0.3, -0.25) is 0 Å². The summed E-state index contributed by atoms with van der Waals surface area (Å²) in [5, 5.41) is 9.65. The van der Waals surface area contributed by atoms with Crippen molar-refractivity contribution in [1.29, 1.82) is 0 Å². The molecule has 0 bridgehead atoms. The average molecular weight is 413 g/mol. The van der Waals surface area contributed by atoms with Crippen LogP contribution in [0.1, 0.15) is 23.1 Å². The number of ether oxygens (including phenoxy) is 1. The second-order valence-electron chi connectivity index (χ2n) is 6.26. The van der Waals surface area contributed by atoms with Crippen LogP contribution in [0.3, 0.4) is 0 Å². The summed E-state index contributed by atoms with van der Waals surface area (Å²) < 4.78 is 5.50. The van der Waals surface area contributed by atoms with Crippen molar-refractivity contribution in [2.75, 3.05) is 19.1 Å². The molecular formula is C24H22Cl2O2. The molecule has 0 fully saturated rings. The summed E-state index contributed by atoms with van der Waals surface area (Å²) >= 11 is 12.3. The molecule has 0 atom stereocenters. The Bertz CT molecular complexity index is 902. The van der Waals surface area contributed by atoms with Crippen LogP contribution in [-0.2, 0) is 0 Å². The quantitative estimate of drug-likeness (QED) is 0.347. The number of rotatable bonds is 8. The van der Waals surface area contributed by atoms with Crippen LogP contribution in [0, 0.1) is 0 Å². The van der Waals surface area contributed by atoms with Gasteiger partial charge < -0.3 is 9.84 Å². The molecule has 0 amide bonds. The van der Waals surface area contributed by atoms with Crippen LogP contribution in [0.15, 0.2) is 78.9 Å². The molecule has 144 valence electrons. The zero-order valence-corrected chi connectivity index (χ0v) is 17.0. The van der Waals surface area contributed by atoms with Gasteiger partial charge in [-0.25, -0.2) is 0 Å². The lowest BCUT2D eigenvalue weighted by molar-refractivity contribution is 0.201. The fourth-order valence-corrected chi connectivity index (χ4v) is 3.48. The Balaban J connectivity index is 2.15. The molecule has 3 aromatic rings. The van der Waals surface area contributed by atoms with Crippen LogP contribution < -0.4 is 4.74 Å². The minimum absolute atomic E-state index is 0.00838. The Hall–Kier alpha value is -2.26. The van der Waals surface area contributed by atoms with Crippen molar-refractivity contribution < 1.29 is 9.84 Å². The van der Waals surface area contributed by atoms with E-state index >= 15 is 0 Å². The van der Waals surface area contributed by atoms with E-state index in [9.17, 15) is 0 Å². The van der Waals surface area contributed by atoms with E-state index in [4.69, 9.17) is 33.0 Å². The summed E-state index contributed by atoms with van der Waals surface area (Å²) in [6.45, 7) is 0.270. The molecule has 0 radical (unpaired) electrons. The van der Waals surface area contributed by atoms with Crippen molar-refractivity contribution >= 4 is 34.3 Å². The molecule has 0 unspecified atom stereocenters. The maximum atomic E-state index is 8.94. The molecule has 2 nitrogen and oxygen atoms in total. The molecule has 0 saturated carbocycles. The number of hydrogen-bond acceptors (Lipinski definition) is 2. The standard InChI is InChI=1S/C24H22Cl2O2/c25-15-14-23(18-4-2-1-3-5-18)24(19-6-10-21(26)11-7-19)20-8-12-22(13-9-20)28-17-16-27/h1-13,27H,14-17H2/b24-23+. The second-order valence-corrected chi connectivity index (χ2v) is 7.08. The molecule has 0 saturated heterocycles. The largest absolute Gasteiger partial charge is 0.491 e. The van der Waals surface area contributed by atoms with E-state index in [-0.39, 0.29) is 13.2 Å². The minimum Gasteiger partial charge on any atom is -0.491 e. The first kappa shape index (κ1) is 20.5. The van der Waals surface area contributed by atoms with E-state index < -0.39 is 0 Å². The molecule has 1 N–H and O–H groups in total. The summed E-state index contributed by atoms with van der Waals surface area (Å²) in [4.78, 5) is 0. The highest BCUT2D eigenvalue weighted by Gasteiger charge is 2.14. The fourth-order valence-electron chi connectivity index (χ4n) is 3.16. The first-order valence-electron chi connectivity index (χ1n) is 9.17. The Morgan fingerprint density at radius 2 is 1.39 bits per heavy atom. The van der Waals surface area contributed by atoms with Crippen molar-refractivity contribution in [2.45, 2.75) is 6.42 Å². The molecular weight excluding hydrogens is 391 g/mol. The number of aliphatic hydroxyl groups is 1. The Kier molecular flexibility index (Phi) is 7.55. The first-order chi connectivity index (χ1) is 13.7. The van der Waals surface area contributed by atoms with E-state index in [0.29, 0.717) is 10.9 Å². The maximum Gasteiger partial charge on any atom is 0.119 e. The van der Waals surface area contributed by atoms with Gasteiger partial charge >= 0.3 is 0 Å². The number of alkyl halides is 1. The Labute approximate surface area is 176 Å². The van der Waals surface area contributed by atoms with Crippen molar-refractivity contribution in [2.24, 2.45) is 0 Å². The highest BCUT2D eigenvalue weighted by molar-refractivity contribution is 6.30. The summed E-state index contributed by atoms with van der Waals surface area (Å²) in [6.07, 6.45) is 0.742. The van der Waals surface area contributed by atoms with Gasteiger partial charge in [0, 0.05) is 10.9 Å². The van der Waals surface area contributed by atoms with Crippen LogP contribution in [0.2, 0.25) is 5.02 Å². The van der Waals surface area contributed by atoms with E-state index in [0.717, 1.165) is 34.4 Å². The number of allylic oxidation sites excluding steroid dienone is 1. The summed E-state index contributed by atoms with van der Waals surface area (Å²) in [6, 6.07) is 26.1. The fraction of sp³-hybridized carbons (Fsp3) is 0.167. The van der Waals surface area contributed by atoms with E-state index in [1.165, 1.54) is 5.57 Å². The van der Waals surface area contributed by atoms with Gasteiger partial charge in [0.05, 0.1) is 6.61 Å². The monoisotopic (exact) mass is 412 g/mol. The molecule has 3 rings (SSSR count). The lowest BCUT2D eigenvalue weighted by Crippen LogP contribution is -2.01. The molecule has 0 aliphatic rings. The number of hydrogen-bond donors (Lipinski definition) is 1. The summed E-state index contributed by atoms with van der Waals surface area (Å²) in [5.41, 5.74) is 5.60. The maximum absolute atomic E-state index is 8.94. The summed E-state index contributed by atoms with van der Waals surface area (Å²) in [5.74, 6) is 1.26. The van der Waals surface area contributed by atoms with Gasteiger partial charge in [0.25, 0.3) is 0 Å². The third kappa shape index (κ3) is 5.17. The van der Waals surface area contributed by atoms with Crippen molar-refractivity contribution in [3.8, 4) is 5.75 Å². The van der Waals surface area contributed by atoms with E-state index in [1.807, 2.05) is 66.7 Å². The lowest BCUT2D eigenvalue weighted by Gasteiger charge is -2.17. The van der Waals surface area contributed by atoms with Gasteiger partial charge in [0.15, 0.2) is 0 Å². The van der Waals surface area contributed by atoms with E-state index in [2.05, 4.69) is 12.1 Å². The summed E-state index contributed by atoms with van der Waals surface area (Å²) in [7, 11) is 0. The van der Waals surface area contributed by atoms with Crippen molar-refractivity contribution in [1.82, 2.24) is 0 Å². The first-order valence-corrected chi connectivity index (χ1v) is 10.1. The zero-order chi connectivity index (χ0) is 19.8. The van der Waals surface area contributed by atoms with Gasteiger partial charge in [-0.15, -0.1) is 11.6 Å². The highest BCUT2D eigenvalue weighted by atomic mass is 35.5. The van der Waals surface area contributed by atoms with Gasteiger partial charge in [0.2, 0.25) is 0 Å². The molecule has 0 aliphatic heterocycles. The Morgan fingerprint density at radius 1 is 0.786 bits per heavy atom. The second kappa shape index (κ2) is 10.3. The van der Waals surface area contributed by atoms with Crippen LogP contribution in [-0.4, -0.2) is 24.2 Å². The predicted octanol–water partition coefficient (Wildman–Crippen LogP) is 6.30. The molecule has 0 aromatic heterocycles. The zero-order valence-electron chi connectivity index (χ0n) is 15.4. The van der Waals surface area contributed by atoms with Crippen LogP contribution >= 0.6 is 23.2 Å². The van der Waals surface area contributed by atoms with Crippen LogP contribution in [0.25, 0.3) is 11.1 Å². The average Bonchev–Trinajstić information content (AvgIpc) is 2.74. The molecule has 0 aliphatic carbocycles. The van der Waals surface area contributed by atoms with Crippen molar-refractivity contribution in [3.05, 3.63) is 101 Å². The molecule has 0 heterocycles. The molecule has 28 heavy (non-hydrogen) atoms. The number of halogens is 2. The molecule has 3 aromatic carbocycles. The SMILES string of the molecule is OCCOc1ccc(/C(=C(\CCCl)c2ccccc2)c2ccc(Cl)cc2)cc1. The van der Waals surface area contributed by atoms with Crippen molar-refractivity contribution in [3.63, 3.8) is 0 Å². The van der Waals surface area contributed by atoms with Gasteiger partial charge in [-0.1, -0.05) is 66.2 Å².